The fourth-order valence-electron chi connectivity index (χ4n) is 5.25. The summed E-state index contributed by atoms with van der Waals surface area (Å²) >= 11 is 27.0. The highest BCUT2D eigenvalue weighted by atomic mass is 35.5. The Balaban J connectivity index is 1.52. The fourth-order valence-corrected chi connectivity index (χ4v) is 7.30. The molecule has 8 nitrogen and oxygen atoms in total. The number of hydrogen-bond acceptors (Lipinski definition) is 9. The molecule has 0 fully saturated rings. The number of halogens is 4. The molecular formula is C32H38Cl4N4O4S. The second-order valence-corrected chi connectivity index (χ2v) is 13.7. The summed E-state index contributed by atoms with van der Waals surface area (Å²) in [7, 11) is 3.67. The number of fused-ring (bicyclic) bond motifs is 1. The van der Waals surface area contributed by atoms with E-state index in [0.29, 0.717) is 57.2 Å². The molecule has 0 radical (unpaired) electrons. The first-order valence-corrected chi connectivity index (χ1v) is 17.2. The smallest absolute Gasteiger partial charge is 0.337 e. The first-order valence-electron chi connectivity index (χ1n) is 14.9. The fraction of sp³-hybridized carbons (Fsp3) is 0.438. The van der Waals surface area contributed by atoms with Crippen molar-refractivity contribution in [3.63, 3.8) is 0 Å². The predicted molar refractivity (Wildman–Crippen MR) is 183 cm³/mol. The molecule has 2 atom stereocenters. The van der Waals surface area contributed by atoms with Crippen LogP contribution in [-0.4, -0.2) is 60.9 Å². The second kappa shape index (κ2) is 17.7. The molecule has 2 heterocycles. The number of benzene rings is 2. The van der Waals surface area contributed by atoms with Gasteiger partial charge in [0.25, 0.3) is 0 Å². The van der Waals surface area contributed by atoms with Crippen LogP contribution in [0, 0.1) is 0 Å². The van der Waals surface area contributed by atoms with Crippen LogP contribution in [0.1, 0.15) is 61.7 Å². The molecule has 2 unspecified atom stereocenters. The molecule has 2 aromatic rings. The van der Waals surface area contributed by atoms with Gasteiger partial charge >= 0.3 is 11.9 Å². The minimum Gasteiger partial charge on any atom is -0.462 e. The van der Waals surface area contributed by atoms with Crippen LogP contribution in [0.15, 0.2) is 59.9 Å². The molecular weight excluding hydrogens is 678 g/mol. The van der Waals surface area contributed by atoms with E-state index >= 15 is 0 Å². The van der Waals surface area contributed by atoms with Crippen LogP contribution in [-0.2, 0) is 19.1 Å². The lowest BCUT2D eigenvalue weighted by molar-refractivity contribution is -0.140. The third-order valence-corrected chi connectivity index (χ3v) is 9.54. The summed E-state index contributed by atoms with van der Waals surface area (Å²) in [5.74, 6) is -0.788. The van der Waals surface area contributed by atoms with E-state index in [9.17, 15) is 9.59 Å². The normalized spacial score (nSPS) is 22.8. The molecule has 0 amide bonds. The molecule has 0 aromatic heterocycles. The van der Waals surface area contributed by atoms with E-state index in [1.165, 1.54) is 12.1 Å². The molecule has 2 bridgehead atoms. The van der Waals surface area contributed by atoms with Gasteiger partial charge in [0, 0.05) is 65.3 Å². The van der Waals surface area contributed by atoms with E-state index in [4.69, 9.17) is 55.9 Å². The summed E-state index contributed by atoms with van der Waals surface area (Å²) in [6.45, 7) is 1.83. The standard InChI is InChI=1S/C32H38Cl4N4O4S/c1-37-19-25-29(23-11-9-21(33)17-27(23)35)38-13-5-3-7-15-44-32(42)26-20-40(14-6-4-8-16-43-31(25)41)45-39(2)30(26)24-12-10-22(34)18-28(24)36/h9-12,17-20,29-30,37-38H,3-8,13-16H2,1-2H3/b25-19+. The topological polar surface area (TPSA) is 83.1 Å². The molecule has 0 saturated carbocycles. The van der Waals surface area contributed by atoms with Crippen LogP contribution < -0.4 is 10.6 Å². The summed E-state index contributed by atoms with van der Waals surface area (Å²) < 4.78 is 15.5. The number of rotatable bonds is 3. The van der Waals surface area contributed by atoms with Crippen molar-refractivity contribution < 1.29 is 19.1 Å². The van der Waals surface area contributed by atoms with Gasteiger partial charge in [-0.2, -0.15) is 0 Å². The van der Waals surface area contributed by atoms with Gasteiger partial charge < -0.3 is 24.4 Å². The first kappa shape index (κ1) is 35.7. The minimum absolute atomic E-state index is 0.276. The lowest BCUT2D eigenvalue weighted by Crippen LogP contribution is -2.34. The number of nitrogens with one attached hydrogen (secondary N) is 2. The van der Waals surface area contributed by atoms with Crippen LogP contribution in [0.5, 0.6) is 0 Å². The Kier molecular flexibility index (Phi) is 14.1. The Hall–Kier alpha value is -2.11. The van der Waals surface area contributed by atoms with Crippen LogP contribution in [0.3, 0.4) is 0 Å². The maximum atomic E-state index is 13.5. The molecule has 0 aliphatic carbocycles. The molecule has 0 saturated heterocycles. The number of carbonyl (C=O) groups is 2. The Bertz CT molecular complexity index is 1410. The third-order valence-electron chi connectivity index (χ3n) is 7.45. The zero-order valence-corrected chi connectivity index (χ0v) is 29.1. The van der Waals surface area contributed by atoms with Crippen LogP contribution >= 0.6 is 58.5 Å². The first-order chi connectivity index (χ1) is 21.7. The number of cyclic esters (lactones) is 2. The molecule has 45 heavy (non-hydrogen) atoms. The van der Waals surface area contributed by atoms with Gasteiger partial charge in [0.2, 0.25) is 0 Å². The van der Waals surface area contributed by atoms with Crippen molar-refractivity contribution in [3.05, 3.63) is 91.2 Å². The van der Waals surface area contributed by atoms with Gasteiger partial charge in [-0.25, -0.2) is 13.9 Å². The van der Waals surface area contributed by atoms with E-state index in [1.54, 1.807) is 37.5 Å². The summed E-state index contributed by atoms with van der Waals surface area (Å²) in [6.07, 6.45) is 8.10. The second-order valence-electron chi connectivity index (χ2n) is 10.8. The molecule has 2 aliphatic heterocycles. The number of esters is 2. The van der Waals surface area contributed by atoms with Gasteiger partial charge in [0.1, 0.15) is 0 Å². The van der Waals surface area contributed by atoms with Gasteiger partial charge in [-0.05, 0) is 80.5 Å². The lowest BCUT2D eigenvalue weighted by atomic mass is 9.98. The zero-order valence-electron chi connectivity index (χ0n) is 25.3. The number of hydrogen-bond donors (Lipinski definition) is 2. The Morgan fingerprint density at radius 3 is 2.13 bits per heavy atom. The Morgan fingerprint density at radius 1 is 0.867 bits per heavy atom. The largest absolute Gasteiger partial charge is 0.462 e. The maximum Gasteiger partial charge on any atom is 0.337 e. The lowest BCUT2D eigenvalue weighted by Gasteiger charge is -2.37. The van der Waals surface area contributed by atoms with Gasteiger partial charge in [0.05, 0.1) is 36.4 Å². The van der Waals surface area contributed by atoms with E-state index < -0.39 is 18.1 Å². The van der Waals surface area contributed by atoms with Gasteiger partial charge in [-0.3, -0.25) is 0 Å². The average molecular weight is 717 g/mol. The van der Waals surface area contributed by atoms with E-state index in [1.807, 2.05) is 34.0 Å². The monoisotopic (exact) mass is 714 g/mol. The Labute approximate surface area is 289 Å². The molecule has 13 heteroatoms. The predicted octanol–water partition coefficient (Wildman–Crippen LogP) is 7.91. The van der Waals surface area contributed by atoms with Crippen LogP contribution in [0.2, 0.25) is 20.1 Å². The van der Waals surface area contributed by atoms with Crippen molar-refractivity contribution >= 4 is 70.5 Å². The number of ether oxygens (including phenoxy) is 2. The molecule has 2 aromatic carbocycles. The van der Waals surface area contributed by atoms with Crippen molar-refractivity contribution in [2.24, 2.45) is 0 Å². The number of nitrogens with zero attached hydrogens (tertiary/aromatic N) is 2. The highest BCUT2D eigenvalue weighted by Crippen LogP contribution is 2.42. The SMILES string of the molecule is CN/C=C1/C(=O)OCCCCCN2C=C(C(=O)OCCCCCNC1c1ccc(Cl)cc1Cl)C(c1ccc(Cl)cc1Cl)N(C)S2. The summed E-state index contributed by atoms with van der Waals surface area (Å²) in [5.41, 5.74) is 2.44. The van der Waals surface area contributed by atoms with Crippen molar-refractivity contribution in [1.29, 1.82) is 0 Å². The van der Waals surface area contributed by atoms with Crippen molar-refractivity contribution in [3.8, 4) is 0 Å². The van der Waals surface area contributed by atoms with E-state index in [0.717, 1.165) is 36.8 Å². The van der Waals surface area contributed by atoms with Crippen molar-refractivity contribution in [1.82, 2.24) is 19.2 Å². The summed E-state index contributed by atoms with van der Waals surface area (Å²) in [6, 6.07) is 9.63. The van der Waals surface area contributed by atoms with E-state index in [-0.39, 0.29) is 19.2 Å². The third kappa shape index (κ3) is 9.94. The van der Waals surface area contributed by atoms with Gasteiger partial charge in [-0.15, -0.1) is 0 Å². The van der Waals surface area contributed by atoms with Crippen molar-refractivity contribution in [2.75, 3.05) is 40.4 Å². The number of likely N-dealkylation sites (N-methyl/N-ethyl adjacent to an activating group) is 1. The highest BCUT2D eigenvalue weighted by molar-refractivity contribution is 7.94. The molecule has 0 spiro atoms. The van der Waals surface area contributed by atoms with Gasteiger partial charge in [-0.1, -0.05) is 58.5 Å². The Morgan fingerprint density at radius 2 is 1.49 bits per heavy atom. The molecule has 2 N–H and O–H groups in total. The van der Waals surface area contributed by atoms with Crippen LogP contribution in [0.25, 0.3) is 0 Å². The molecule has 244 valence electrons. The summed E-state index contributed by atoms with van der Waals surface area (Å²) in [5, 5.41) is 8.42. The molecule has 4 rings (SSSR count). The van der Waals surface area contributed by atoms with Crippen LogP contribution in [0.4, 0.5) is 0 Å². The molecule has 2 aliphatic rings. The minimum atomic E-state index is -0.511. The quantitative estimate of drug-likeness (QED) is 0.187. The van der Waals surface area contributed by atoms with Crippen molar-refractivity contribution in [2.45, 2.75) is 50.6 Å². The highest BCUT2D eigenvalue weighted by Gasteiger charge is 2.35. The van der Waals surface area contributed by atoms with Gasteiger partial charge in [0.15, 0.2) is 0 Å². The van der Waals surface area contributed by atoms with E-state index in [2.05, 4.69) is 10.6 Å². The zero-order chi connectivity index (χ0) is 32.3. The number of carbonyl (C=O) groups excluding carboxylic acids is 2. The average Bonchev–Trinajstić information content (AvgIpc) is 2.99. The summed E-state index contributed by atoms with van der Waals surface area (Å²) in [4.78, 5) is 26.8. The maximum absolute atomic E-state index is 13.5.